The number of unbranched alkanes of at least 4 members (excludes halogenated alkanes) is 2. The van der Waals surface area contributed by atoms with E-state index in [0.717, 1.165) is 24.9 Å². The number of nitrogens with zero attached hydrogens (tertiary/aromatic N) is 1. The summed E-state index contributed by atoms with van der Waals surface area (Å²) >= 11 is 0. The number of aliphatic hydroxyl groups excluding tert-OH is 1. The highest BCUT2D eigenvalue weighted by atomic mass is 16.5. The zero-order valence-electron chi connectivity index (χ0n) is 11.6. The number of carbonyl (C=O) groups is 1. The molecule has 19 heavy (non-hydrogen) atoms. The third kappa shape index (κ3) is 4.79. The largest absolute Gasteiger partial charge is 0.462 e. The minimum atomic E-state index is -0.361. The summed E-state index contributed by atoms with van der Waals surface area (Å²) in [7, 11) is 3.73. The van der Waals surface area contributed by atoms with Crippen molar-refractivity contribution in [3.8, 4) is 0 Å². The lowest BCUT2D eigenvalue weighted by atomic mass is 10.1. The predicted octanol–water partition coefficient (Wildman–Crippen LogP) is 1.65. The Morgan fingerprint density at radius 3 is 2.68 bits per heavy atom. The molecule has 1 aromatic rings. The van der Waals surface area contributed by atoms with Crippen molar-refractivity contribution in [2.24, 2.45) is 0 Å². The molecule has 0 atom stereocenters. The average Bonchev–Trinajstić information content (AvgIpc) is 2.37. The Bertz CT molecular complexity index is 419. The van der Waals surface area contributed by atoms with Crippen LogP contribution in [-0.4, -0.2) is 38.4 Å². The fourth-order valence-electron chi connectivity index (χ4n) is 1.74. The van der Waals surface area contributed by atoms with Crippen LogP contribution in [0.5, 0.6) is 0 Å². The normalized spacial score (nSPS) is 10.3. The summed E-state index contributed by atoms with van der Waals surface area (Å²) < 4.78 is 5.22. The van der Waals surface area contributed by atoms with Crippen LogP contribution in [0.2, 0.25) is 0 Å². The molecule has 5 heteroatoms. The monoisotopic (exact) mass is 266 g/mol. The molecule has 5 nitrogen and oxygen atoms in total. The van der Waals surface area contributed by atoms with E-state index < -0.39 is 0 Å². The second-order valence-corrected chi connectivity index (χ2v) is 4.59. The van der Waals surface area contributed by atoms with E-state index in [9.17, 15) is 4.79 Å². The van der Waals surface area contributed by atoms with Gasteiger partial charge in [-0.1, -0.05) is 0 Å². The average molecular weight is 266 g/mol. The van der Waals surface area contributed by atoms with Crippen LogP contribution in [0.25, 0.3) is 0 Å². The molecule has 0 aliphatic heterocycles. The molecule has 0 saturated heterocycles. The van der Waals surface area contributed by atoms with Gasteiger partial charge in [0.05, 0.1) is 17.9 Å². The number of esters is 1. The van der Waals surface area contributed by atoms with Crippen LogP contribution in [-0.2, 0) is 4.74 Å². The maximum absolute atomic E-state index is 12.0. The molecule has 0 heterocycles. The molecule has 0 saturated carbocycles. The number of nitrogen functional groups attached to an aromatic ring is 1. The van der Waals surface area contributed by atoms with Gasteiger partial charge in [-0.15, -0.1) is 0 Å². The predicted molar refractivity (Wildman–Crippen MR) is 76.4 cm³/mol. The summed E-state index contributed by atoms with van der Waals surface area (Å²) in [4.78, 5) is 13.9. The Kier molecular flexibility index (Phi) is 6.15. The molecule has 0 aromatic heterocycles. The Morgan fingerprint density at radius 1 is 1.32 bits per heavy atom. The number of anilines is 2. The van der Waals surface area contributed by atoms with Crippen molar-refractivity contribution in [3.63, 3.8) is 0 Å². The van der Waals surface area contributed by atoms with Crippen LogP contribution >= 0.6 is 0 Å². The summed E-state index contributed by atoms with van der Waals surface area (Å²) in [5.74, 6) is -0.361. The maximum Gasteiger partial charge on any atom is 0.340 e. The number of benzene rings is 1. The Morgan fingerprint density at radius 2 is 2.05 bits per heavy atom. The quantitative estimate of drug-likeness (QED) is 0.446. The standard InChI is InChI=1S/C14H22N2O3/c1-16(2)13-7-6-11(15)10-12(13)14(18)19-9-5-3-4-8-17/h6-7,10,17H,3-5,8-9,15H2,1-2H3. The van der Waals surface area contributed by atoms with E-state index in [1.807, 2.05) is 19.0 Å². The number of ether oxygens (including phenoxy) is 1. The van der Waals surface area contributed by atoms with Crippen LogP contribution in [0.15, 0.2) is 18.2 Å². The minimum Gasteiger partial charge on any atom is -0.462 e. The fourth-order valence-corrected chi connectivity index (χ4v) is 1.74. The third-order valence-corrected chi connectivity index (χ3v) is 2.76. The van der Waals surface area contributed by atoms with E-state index >= 15 is 0 Å². The highest BCUT2D eigenvalue weighted by Gasteiger charge is 2.14. The van der Waals surface area contributed by atoms with Gasteiger partial charge in [0.25, 0.3) is 0 Å². The van der Waals surface area contributed by atoms with Gasteiger partial charge >= 0.3 is 5.97 Å². The van der Waals surface area contributed by atoms with Crippen molar-refractivity contribution in [1.29, 1.82) is 0 Å². The summed E-state index contributed by atoms with van der Waals surface area (Å²) in [5, 5.41) is 8.65. The van der Waals surface area contributed by atoms with E-state index in [-0.39, 0.29) is 12.6 Å². The topological polar surface area (TPSA) is 75.8 Å². The first-order valence-electron chi connectivity index (χ1n) is 6.41. The number of hydrogen-bond acceptors (Lipinski definition) is 5. The number of nitrogens with two attached hydrogens (primary N) is 1. The molecule has 0 fully saturated rings. The summed E-state index contributed by atoms with van der Waals surface area (Å²) in [6.45, 7) is 0.536. The zero-order chi connectivity index (χ0) is 14.3. The van der Waals surface area contributed by atoms with Crippen LogP contribution in [0.3, 0.4) is 0 Å². The van der Waals surface area contributed by atoms with Crippen LogP contribution in [0.4, 0.5) is 11.4 Å². The molecular weight excluding hydrogens is 244 g/mol. The molecule has 0 spiro atoms. The number of carbonyl (C=O) groups excluding carboxylic acids is 1. The summed E-state index contributed by atoms with van der Waals surface area (Å²) in [6.07, 6.45) is 2.34. The number of rotatable bonds is 7. The molecule has 0 aliphatic carbocycles. The first kappa shape index (κ1) is 15.3. The van der Waals surface area contributed by atoms with Crippen molar-refractivity contribution in [2.75, 3.05) is 37.9 Å². The van der Waals surface area contributed by atoms with Gasteiger partial charge in [0, 0.05) is 26.4 Å². The van der Waals surface area contributed by atoms with Gasteiger partial charge in [-0.25, -0.2) is 4.79 Å². The maximum atomic E-state index is 12.0. The van der Waals surface area contributed by atoms with E-state index in [4.69, 9.17) is 15.6 Å². The summed E-state index contributed by atoms with van der Waals surface area (Å²) in [5.41, 5.74) is 7.51. The van der Waals surface area contributed by atoms with Crippen LogP contribution < -0.4 is 10.6 Å². The molecule has 1 aromatic carbocycles. The van der Waals surface area contributed by atoms with E-state index in [1.165, 1.54) is 0 Å². The second kappa shape index (κ2) is 7.63. The SMILES string of the molecule is CN(C)c1ccc(N)cc1C(=O)OCCCCCO. The number of aliphatic hydroxyl groups is 1. The number of hydrogen-bond donors (Lipinski definition) is 2. The van der Waals surface area contributed by atoms with Crippen LogP contribution in [0, 0.1) is 0 Å². The molecule has 0 bridgehead atoms. The zero-order valence-corrected chi connectivity index (χ0v) is 11.6. The third-order valence-electron chi connectivity index (χ3n) is 2.76. The molecule has 3 N–H and O–H groups in total. The van der Waals surface area contributed by atoms with E-state index in [0.29, 0.717) is 17.9 Å². The van der Waals surface area contributed by atoms with Gasteiger partial charge in [-0.2, -0.15) is 0 Å². The second-order valence-electron chi connectivity index (χ2n) is 4.59. The lowest BCUT2D eigenvalue weighted by molar-refractivity contribution is 0.0497. The first-order valence-corrected chi connectivity index (χ1v) is 6.41. The first-order chi connectivity index (χ1) is 9.06. The fraction of sp³-hybridized carbons (Fsp3) is 0.500. The molecule has 1 rings (SSSR count). The molecule has 0 amide bonds. The molecule has 0 radical (unpaired) electrons. The Hall–Kier alpha value is -1.75. The lowest BCUT2D eigenvalue weighted by Gasteiger charge is -2.17. The Balaban J connectivity index is 2.63. The van der Waals surface area contributed by atoms with E-state index in [1.54, 1.807) is 18.2 Å². The van der Waals surface area contributed by atoms with Gasteiger partial charge in [-0.3, -0.25) is 0 Å². The smallest absolute Gasteiger partial charge is 0.340 e. The van der Waals surface area contributed by atoms with Gasteiger partial charge in [0.1, 0.15) is 0 Å². The van der Waals surface area contributed by atoms with Crippen molar-refractivity contribution in [1.82, 2.24) is 0 Å². The lowest BCUT2D eigenvalue weighted by Crippen LogP contribution is -2.16. The Labute approximate surface area is 114 Å². The van der Waals surface area contributed by atoms with Crippen molar-refractivity contribution in [2.45, 2.75) is 19.3 Å². The van der Waals surface area contributed by atoms with Gasteiger partial charge < -0.3 is 20.5 Å². The molecular formula is C14H22N2O3. The molecule has 106 valence electrons. The van der Waals surface area contributed by atoms with Crippen molar-refractivity contribution < 1.29 is 14.6 Å². The van der Waals surface area contributed by atoms with Gasteiger partial charge in [-0.05, 0) is 37.5 Å². The van der Waals surface area contributed by atoms with Crippen molar-refractivity contribution in [3.05, 3.63) is 23.8 Å². The molecule has 0 aliphatic rings. The van der Waals surface area contributed by atoms with Gasteiger partial charge in [0.2, 0.25) is 0 Å². The highest BCUT2D eigenvalue weighted by Crippen LogP contribution is 2.22. The molecule has 0 unspecified atom stereocenters. The summed E-state index contributed by atoms with van der Waals surface area (Å²) in [6, 6.07) is 5.19. The highest BCUT2D eigenvalue weighted by molar-refractivity contribution is 5.96. The van der Waals surface area contributed by atoms with Gasteiger partial charge in [0.15, 0.2) is 0 Å². The van der Waals surface area contributed by atoms with E-state index in [2.05, 4.69) is 0 Å². The van der Waals surface area contributed by atoms with Crippen LogP contribution in [0.1, 0.15) is 29.6 Å². The van der Waals surface area contributed by atoms with Crippen molar-refractivity contribution >= 4 is 17.3 Å². The minimum absolute atomic E-state index is 0.175.